The van der Waals surface area contributed by atoms with E-state index in [1.165, 1.54) is 12.1 Å². The van der Waals surface area contributed by atoms with Crippen LogP contribution >= 0.6 is 0 Å². The molecule has 0 aliphatic heterocycles. The Morgan fingerprint density at radius 3 is 2.67 bits per heavy atom. The summed E-state index contributed by atoms with van der Waals surface area (Å²) in [4.78, 5) is 19.9. The molecule has 1 fully saturated rings. The van der Waals surface area contributed by atoms with Crippen molar-refractivity contribution in [3.05, 3.63) is 65.7 Å². The standard InChI is InChI=1S/C17H13FN2O/c18-11-7-5-10(6-8-11)12-9-13(12)16(21)17-19-14-3-1-2-4-15(14)20-17/h1-8,12-13H,9H2,(H,19,20)/t12-,13-/m0/s1. The molecule has 1 aromatic heterocycles. The highest BCUT2D eigenvalue weighted by Gasteiger charge is 2.45. The summed E-state index contributed by atoms with van der Waals surface area (Å²) in [6.45, 7) is 0. The number of imidazole rings is 1. The smallest absolute Gasteiger partial charge is 0.201 e. The van der Waals surface area contributed by atoms with Crippen LogP contribution in [-0.2, 0) is 0 Å². The second-order valence-electron chi connectivity index (χ2n) is 5.47. The molecule has 0 saturated heterocycles. The van der Waals surface area contributed by atoms with Crippen LogP contribution in [0.3, 0.4) is 0 Å². The number of rotatable bonds is 3. The largest absolute Gasteiger partial charge is 0.335 e. The molecule has 1 saturated carbocycles. The number of nitrogens with one attached hydrogen (secondary N) is 1. The molecule has 21 heavy (non-hydrogen) atoms. The quantitative estimate of drug-likeness (QED) is 0.744. The molecule has 0 unspecified atom stereocenters. The number of nitrogens with zero attached hydrogens (tertiary/aromatic N) is 1. The van der Waals surface area contributed by atoms with Gasteiger partial charge in [0.05, 0.1) is 11.0 Å². The van der Waals surface area contributed by atoms with Gasteiger partial charge in [0, 0.05) is 5.92 Å². The highest BCUT2D eigenvalue weighted by Crippen LogP contribution is 2.48. The number of H-pyrrole nitrogens is 1. The van der Waals surface area contributed by atoms with E-state index in [0.717, 1.165) is 23.0 Å². The molecule has 4 rings (SSSR count). The van der Waals surface area contributed by atoms with Crippen molar-refractivity contribution in [3.63, 3.8) is 0 Å². The first-order chi connectivity index (χ1) is 10.2. The lowest BCUT2D eigenvalue weighted by molar-refractivity contribution is 0.0956. The Bertz CT molecular complexity index is 789. The first-order valence-corrected chi connectivity index (χ1v) is 6.97. The number of fused-ring (bicyclic) bond motifs is 1. The van der Waals surface area contributed by atoms with Crippen LogP contribution < -0.4 is 0 Å². The molecular weight excluding hydrogens is 267 g/mol. The second-order valence-corrected chi connectivity index (χ2v) is 5.47. The van der Waals surface area contributed by atoms with Crippen molar-refractivity contribution >= 4 is 16.8 Å². The van der Waals surface area contributed by atoms with Crippen molar-refractivity contribution in [2.24, 2.45) is 5.92 Å². The number of carbonyl (C=O) groups excluding carboxylic acids is 1. The number of para-hydroxylation sites is 2. The van der Waals surface area contributed by atoms with Gasteiger partial charge < -0.3 is 4.98 Å². The van der Waals surface area contributed by atoms with Crippen LogP contribution in [-0.4, -0.2) is 15.8 Å². The monoisotopic (exact) mass is 280 g/mol. The van der Waals surface area contributed by atoms with Gasteiger partial charge in [-0.3, -0.25) is 4.79 Å². The third-order valence-electron chi connectivity index (χ3n) is 4.05. The van der Waals surface area contributed by atoms with E-state index in [1.807, 2.05) is 24.3 Å². The fourth-order valence-electron chi connectivity index (χ4n) is 2.81. The molecule has 0 amide bonds. The van der Waals surface area contributed by atoms with E-state index < -0.39 is 0 Å². The van der Waals surface area contributed by atoms with E-state index in [0.29, 0.717) is 5.82 Å². The van der Waals surface area contributed by atoms with Crippen molar-refractivity contribution in [3.8, 4) is 0 Å². The molecule has 2 atom stereocenters. The molecule has 3 nitrogen and oxygen atoms in total. The summed E-state index contributed by atoms with van der Waals surface area (Å²) in [7, 11) is 0. The molecule has 1 heterocycles. The molecule has 104 valence electrons. The van der Waals surface area contributed by atoms with Crippen molar-refractivity contribution in [2.75, 3.05) is 0 Å². The number of aromatic nitrogens is 2. The van der Waals surface area contributed by atoms with Crippen LogP contribution in [0.25, 0.3) is 11.0 Å². The molecule has 0 bridgehead atoms. The Labute approximate surface area is 120 Å². The number of ketones is 1. The van der Waals surface area contributed by atoms with E-state index in [-0.39, 0.29) is 23.4 Å². The van der Waals surface area contributed by atoms with Gasteiger partial charge in [-0.15, -0.1) is 0 Å². The van der Waals surface area contributed by atoms with Crippen molar-refractivity contribution in [1.29, 1.82) is 0 Å². The number of aromatic amines is 1. The average Bonchev–Trinajstić information content (AvgIpc) is 3.18. The van der Waals surface area contributed by atoms with Gasteiger partial charge in [0.1, 0.15) is 5.82 Å². The summed E-state index contributed by atoms with van der Waals surface area (Å²) in [5, 5.41) is 0. The molecule has 0 spiro atoms. The van der Waals surface area contributed by atoms with Crippen LogP contribution in [0.1, 0.15) is 28.5 Å². The Balaban J connectivity index is 1.57. The van der Waals surface area contributed by atoms with E-state index in [2.05, 4.69) is 9.97 Å². The second kappa shape index (κ2) is 4.52. The molecule has 4 heteroatoms. The summed E-state index contributed by atoms with van der Waals surface area (Å²) >= 11 is 0. The van der Waals surface area contributed by atoms with E-state index in [9.17, 15) is 9.18 Å². The summed E-state index contributed by atoms with van der Waals surface area (Å²) < 4.78 is 12.9. The Kier molecular flexibility index (Phi) is 2.64. The number of carbonyl (C=O) groups is 1. The third-order valence-corrected chi connectivity index (χ3v) is 4.05. The van der Waals surface area contributed by atoms with Gasteiger partial charge in [-0.1, -0.05) is 24.3 Å². The average molecular weight is 280 g/mol. The Morgan fingerprint density at radius 1 is 1.14 bits per heavy atom. The van der Waals surface area contributed by atoms with Crippen LogP contribution in [0.5, 0.6) is 0 Å². The fourth-order valence-corrected chi connectivity index (χ4v) is 2.81. The molecule has 2 aromatic carbocycles. The topological polar surface area (TPSA) is 45.8 Å². The first kappa shape index (κ1) is 12.3. The number of benzene rings is 2. The zero-order chi connectivity index (χ0) is 14.4. The number of Topliss-reactive ketones (excluding diaryl/α,β-unsaturated/α-hetero) is 1. The van der Waals surface area contributed by atoms with Gasteiger partial charge >= 0.3 is 0 Å². The van der Waals surface area contributed by atoms with Crippen molar-refractivity contribution in [2.45, 2.75) is 12.3 Å². The molecule has 3 aromatic rings. The summed E-state index contributed by atoms with van der Waals surface area (Å²) in [5.41, 5.74) is 2.70. The number of hydrogen-bond donors (Lipinski definition) is 1. The van der Waals surface area contributed by atoms with E-state index >= 15 is 0 Å². The lowest BCUT2D eigenvalue weighted by Crippen LogP contribution is -2.05. The number of hydrogen-bond acceptors (Lipinski definition) is 2. The van der Waals surface area contributed by atoms with Crippen LogP contribution in [0, 0.1) is 11.7 Å². The fraction of sp³-hybridized carbons (Fsp3) is 0.176. The van der Waals surface area contributed by atoms with Gasteiger partial charge in [0.25, 0.3) is 0 Å². The molecule has 1 aliphatic carbocycles. The van der Waals surface area contributed by atoms with Gasteiger partial charge in [0.15, 0.2) is 5.82 Å². The van der Waals surface area contributed by atoms with Crippen molar-refractivity contribution in [1.82, 2.24) is 9.97 Å². The minimum atomic E-state index is -0.250. The van der Waals surface area contributed by atoms with Crippen LogP contribution in [0.2, 0.25) is 0 Å². The normalized spacial score (nSPS) is 20.6. The summed E-state index contributed by atoms with van der Waals surface area (Å²) in [6.07, 6.45) is 0.807. The van der Waals surface area contributed by atoms with Crippen LogP contribution in [0.15, 0.2) is 48.5 Å². The SMILES string of the molecule is O=C(c1nc2ccccc2[nH]1)[C@H]1C[C@H]1c1ccc(F)cc1. The van der Waals surface area contributed by atoms with Gasteiger partial charge in [-0.25, -0.2) is 9.37 Å². The summed E-state index contributed by atoms with van der Waals surface area (Å²) in [5.74, 6) is 0.355. The molecule has 0 radical (unpaired) electrons. The third kappa shape index (κ3) is 2.13. The van der Waals surface area contributed by atoms with E-state index in [4.69, 9.17) is 0 Å². The maximum Gasteiger partial charge on any atom is 0.201 e. The first-order valence-electron chi connectivity index (χ1n) is 6.97. The molecule has 1 aliphatic rings. The van der Waals surface area contributed by atoms with E-state index in [1.54, 1.807) is 12.1 Å². The van der Waals surface area contributed by atoms with Gasteiger partial charge in [0.2, 0.25) is 5.78 Å². The zero-order valence-corrected chi connectivity index (χ0v) is 11.2. The maximum atomic E-state index is 12.9. The van der Waals surface area contributed by atoms with Gasteiger partial charge in [-0.2, -0.15) is 0 Å². The number of halogens is 1. The lowest BCUT2D eigenvalue weighted by atomic mass is 10.1. The lowest BCUT2D eigenvalue weighted by Gasteiger charge is -1.99. The van der Waals surface area contributed by atoms with Gasteiger partial charge in [-0.05, 0) is 42.2 Å². The summed E-state index contributed by atoms with van der Waals surface area (Å²) in [6, 6.07) is 14.0. The Hall–Kier alpha value is -2.49. The highest BCUT2D eigenvalue weighted by atomic mass is 19.1. The maximum absolute atomic E-state index is 12.9. The van der Waals surface area contributed by atoms with Crippen LogP contribution in [0.4, 0.5) is 4.39 Å². The predicted octanol–water partition coefficient (Wildman–Crippen LogP) is 3.69. The molecule has 1 N–H and O–H groups in total. The highest BCUT2D eigenvalue weighted by molar-refractivity contribution is 5.99. The van der Waals surface area contributed by atoms with Crippen molar-refractivity contribution < 1.29 is 9.18 Å². The predicted molar refractivity (Wildman–Crippen MR) is 77.7 cm³/mol. The Morgan fingerprint density at radius 2 is 1.90 bits per heavy atom. The minimum absolute atomic E-state index is 0.0422. The zero-order valence-electron chi connectivity index (χ0n) is 11.2. The minimum Gasteiger partial charge on any atom is -0.335 e. The molecular formula is C17H13FN2O.